The SMILES string of the molecule is C=C(C)C(=O)OCC(O)COc1ccc2c(c1)Oc1cc(OCC(O)COC(=O)C(=C)C)ccc1C2(C)c1ccc(-c2ccccc2)cc1. The molecule has 254 valence electrons. The molecule has 0 radical (unpaired) electrons. The zero-order valence-electron chi connectivity index (χ0n) is 27.8. The van der Waals surface area contributed by atoms with Crippen molar-refractivity contribution in [3.63, 3.8) is 0 Å². The fraction of sp³-hybridized carbons (Fsp3) is 0.250. The molecule has 0 saturated carbocycles. The molecule has 2 atom stereocenters. The Morgan fingerprint density at radius 1 is 0.673 bits per heavy atom. The fourth-order valence-electron chi connectivity index (χ4n) is 5.45. The number of rotatable bonds is 14. The molecule has 1 aliphatic heterocycles. The average Bonchev–Trinajstić information content (AvgIpc) is 3.11. The van der Waals surface area contributed by atoms with Crippen molar-refractivity contribution in [3.05, 3.63) is 132 Å². The largest absolute Gasteiger partial charge is 0.491 e. The van der Waals surface area contributed by atoms with Gasteiger partial charge in [0.2, 0.25) is 0 Å². The Labute approximate surface area is 286 Å². The topological polar surface area (TPSA) is 121 Å². The van der Waals surface area contributed by atoms with Gasteiger partial charge in [-0.1, -0.05) is 79.9 Å². The first kappa shape index (κ1) is 34.9. The molecule has 5 rings (SSSR count). The maximum atomic E-state index is 11.7. The van der Waals surface area contributed by atoms with E-state index < -0.39 is 29.6 Å². The summed E-state index contributed by atoms with van der Waals surface area (Å²) in [5, 5.41) is 20.7. The number of ether oxygens (including phenoxy) is 5. The Morgan fingerprint density at radius 2 is 1.12 bits per heavy atom. The third-order valence-electron chi connectivity index (χ3n) is 8.17. The highest BCUT2D eigenvalue weighted by molar-refractivity contribution is 5.87. The maximum Gasteiger partial charge on any atom is 0.333 e. The second-order valence-electron chi connectivity index (χ2n) is 12.2. The van der Waals surface area contributed by atoms with Gasteiger partial charge in [-0.2, -0.15) is 0 Å². The van der Waals surface area contributed by atoms with Crippen molar-refractivity contribution < 1.29 is 43.5 Å². The summed E-state index contributed by atoms with van der Waals surface area (Å²) in [6.07, 6.45) is -2.09. The number of carbonyl (C=O) groups excluding carboxylic acids is 2. The lowest BCUT2D eigenvalue weighted by Crippen LogP contribution is -2.30. The first-order chi connectivity index (χ1) is 23.4. The van der Waals surface area contributed by atoms with Crippen LogP contribution in [0.2, 0.25) is 0 Å². The lowest BCUT2D eigenvalue weighted by molar-refractivity contribution is -0.143. The second-order valence-corrected chi connectivity index (χ2v) is 12.2. The highest BCUT2D eigenvalue weighted by atomic mass is 16.6. The van der Waals surface area contributed by atoms with Crippen molar-refractivity contribution in [1.29, 1.82) is 0 Å². The first-order valence-corrected chi connectivity index (χ1v) is 15.9. The highest BCUT2D eigenvalue weighted by Crippen LogP contribution is 2.53. The summed E-state index contributed by atoms with van der Waals surface area (Å²) in [4.78, 5) is 23.4. The zero-order valence-corrected chi connectivity index (χ0v) is 27.8. The van der Waals surface area contributed by atoms with Gasteiger partial charge in [0.05, 0.1) is 0 Å². The molecule has 49 heavy (non-hydrogen) atoms. The van der Waals surface area contributed by atoms with Crippen molar-refractivity contribution >= 4 is 11.9 Å². The predicted octanol–water partition coefficient (Wildman–Crippen LogP) is 6.53. The van der Waals surface area contributed by atoms with Gasteiger partial charge in [0.1, 0.15) is 61.6 Å². The van der Waals surface area contributed by atoms with Gasteiger partial charge in [0.15, 0.2) is 0 Å². The van der Waals surface area contributed by atoms with Gasteiger partial charge in [0.25, 0.3) is 0 Å². The summed E-state index contributed by atoms with van der Waals surface area (Å²) in [5.74, 6) is 0.835. The summed E-state index contributed by atoms with van der Waals surface area (Å²) >= 11 is 0. The summed E-state index contributed by atoms with van der Waals surface area (Å²) in [7, 11) is 0. The number of carbonyl (C=O) groups is 2. The van der Waals surface area contributed by atoms with Crippen molar-refractivity contribution in [1.82, 2.24) is 0 Å². The Kier molecular flexibility index (Phi) is 10.9. The minimum absolute atomic E-state index is 0.112. The standard InChI is InChI=1S/C40H40O9/c1-25(2)38(43)47-23-30(41)21-45-32-15-17-34-36(19-32)49-37-20-33(46-22-31(42)24-48-39(44)26(3)4)16-18-35(37)40(34,5)29-13-11-28(12-14-29)27-9-7-6-8-10-27/h6-20,30-31,41-42H,1,3,21-24H2,2,4-5H3. The molecular weight excluding hydrogens is 624 g/mol. The Morgan fingerprint density at radius 3 is 1.57 bits per heavy atom. The molecule has 0 saturated heterocycles. The first-order valence-electron chi connectivity index (χ1n) is 15.9. The summed E-state index contributed by atoms with van der Waals surface area (Å²) in [6.45, 7) is 11.6. The normalized spacial score (nSPS) is 15.8. The van der Waals surface area contributed by atoms with Gasteiger partial charge in [-0.25, -0.2) is 9.59 Å². The molecule has 4 aromatic carbocycles. The van der Waals surface area contributed by atoms with E-state index in [9.17, 15) is 19.8 Å². The monoisotopic (exact) mass is 664 g/mol. The number of benzene rings is 4. The number of hydrogen-bond acceptors (Lipinski definition) is 9. The smallest absolute Gasteiger partial charge is 0.333 e. The summed E-state index contributed by atoms with van der Waals surface area (Å²) in [5.41, 5.74) is 4.88. The molecule has 0 aromatic heterocycles. The highest BCUT2D eigenvalue weighted by Gasteiger charge is 2.40. The van der Waals surface area contributed by atoms with E-state index in [0.29, 0.717) is 23.0 Å². The van der Waals surface area contributed by atoms with Crippen LogP contribution in [0.3, 0.4) is 0 Å². The van der Waals surface area contributed by atoms with E-state index in [1.165, 1.54) is 13.8 Å². The lowest BCUT2D eigenvalue weighted by atomic mass is 9.69. The van der Waals surface area contributed by atoms with E-state index >= 15 is 0 Å². The Hall–Kier alpha value is -5.38. The minimum Gasteiger partial charge on any atom is -0.491 e. The molecule has 2 unspecified atom stereocenters. The van der Waals surface area contributed by atoms with E-state index in [-0.39, 0.29) is 37.6 Å². The third-order valence-corrected chi connectivity index (χ3v) is 8.17. The van der Waals surface area contributed by atoms with Gasteiger partial charge in [0, 0.05) is 39.8 Å². The van der Waals surface area contributed by atoms with Crippen LogP contribution in [0.4, 0.5) is 0 Å². The van der Waals surface area contributed by atoms with Crippen LogP contribution in [0.25, 0.3) is 11.1 Å². The average molecular weight is 665 g/mol. The van der Waals surface area contributed by atoms with Crippen LogP contribution in [-0.2, 0) is 24.5 Å². The van der Waals surface area contributed by atoms with Crippen LogP contribution in [0, 0.1) is 0 Å². The molecule has 9 nitrogen and oxygen atoms in total. The van der Waals surface area contributed by atoms with E-state index in [2.05, 4.69) is 56.5 Å². The number of aliphatic hydroxyl groups is 2. The van der Waals surface area contributed by atoms with Gasteiger partial charge in [-0.15, -0.1) is 0 Å². The van der Waals surface area contributed by atoms with Crippen LogP contribution in [0.5, 0.6) is 23.0 Å². The molecular formula is C40H40O9. The van der Waals surface area contributed by atoms with Crippen LogP contribution >= 0.6 is 0 Å². The molecule has 0 bridgehead atoms. The van der Waals surface area contributed by atoms with Crippen LogP contribution in [0.1, 0.15) is 37.5 Å². The van der Waals surface area contributed by atoms with Crippen molar-refractivity contribution in [2.24, 2.45) is 0 Å². The van der Waals surface area contributed by atoms with Gasteiger partial charge in [-0.3, -0.25) is 0 Å². The van der Waals surface area contributed by atoms with Gasteiger partial charge in [-0.05, 0) is 49.6 Å². The van der Waals surface area contributed by atoms with E-state index in [1.54, 1.807) is 12.1 Å². The van der Waals surface area contributed by atoms with Crippen molar-refractivity contribution in [3.8, 4) is 34.1 Å². The number of esters is 2. The Balaban J connectivity index is 1.41. The molecule has 1 aliphatic rings. The van der Waals surface area contributed by atoms with Crippen LogP contribution < -0.4 is 14.2 Å². The third kappa shape index (κ3) is 8.20. The molecule has 0 spiro atoms. The van der Waals surface area contributed by atoms with Crippen LogP contribution in [0.15, 0.2) is 115 Å². The molecule has 0 amide bonds. The number of hydrogen-bond donors (Lipinski definition) is 2. The molecule has 9 heteroatoms. The quantitative estimate of drug-likeness (QED) is 0.115. The van der Waals surface area contributed by atoms with Crippen molar-refractivity contribution in [2.75, 3.05) is 26.4 Å². The van der Waals surface area contributed by atoms with Crippen LogP contribution in [-0.4, -0.2) is 60.8 Å². The molecule has 0 fully saturated rings. The van der Waals surface area contributed by atoms with Gasteiger partial charge < -0.3 is 33.9 Å². The van der Waals surface area contributed by atoms with E-state index in [0.717, 1.165) is 27.8 Å². The van der Waals surface area contributed by atoms with Gasteiger partial charge >= 0.3 is 11.9 Å². The van der Waals surface area contributed by atoms with E-state index in [1.807, 2.05) is 42.5 Å². The summed E-state index contributed by atoms with van der Waals surface area (Å²) < 4.78 is 28.2. The number of aliphatic hydroxyl groups excluding tert-OH is 2. The van der Waals surface area contributed by atoms with E-state index in [4.69, 9.17) is 23.7 Å². The predicted molar refractivity (Wildman–Crippen MR) is 185 cm³/mol. The fourth-order valence-corrected chi connectivity index (χ4v) is 5.45. The minimum atomic E-state index is -1.05. The van der Waals surface area contributed by atoms with Crippen molar-refractivity contribution in [2.45, 2.75) is 38.4 Å². The molecule has 1 heterocycles. The lowest BCUT2D eigenvalue weighted by Gasteiger charge is -2.38. The zero-order chi connectivity index (χ0) is 35.1. The maximum absolute atomic E-state index is 11.7. The molecule has 2 N–H and O–H groups in total. The second kappa shape index (κ2) is 15.2. The molecule has 0 aliphatic carbocycles. The summed E-state index contributed by atoms with van der Waals surface area (Å²) in [6, 6.07) is 29.6. The molecule has 4 aromatic rings. The number of fused-ring (bicyclic) bond motifs is 2. The Bertz CT molecular complexity index is 1740.